The topological polar surface area (TPSA) is 54.2 Å². The van der Waals surface area contributed by atoms with Crippen molar-refractivity contribution >= 4 is 11.4 Å². The van der Waals surface area contributed by atoms with Gasteiger partial charge < -0.3 is 9.84 Å². The molecular formula is C22H30N2O2. The van der Waals surface area contributed by atoms with E-state index in [0.717, 1.165) is 12.1 Å². The summed E-state index contributed by atoms with van der Waals surface area (Å²) in [6.45, 7) is 4.94. The molecule has 0 heterocycles. The summed E-state index contributed by atoms with van der Waals surface area (Å²) in [7, 11) is 0. The van der Waals surface area contributed by atoms with Crippen molar-refractivity contribution in [1.82, 2.24) is 0 Å². The Kier molecular flexibility index (Phi) is 8.67. The highest BCUT2D eigenvalue weighted by atomic mass is 16.5. The average molecular weight is 354 g/mol. The average Bonchev–Trinajstić information content (AvgIpc) is 2.64. The maximum Gasteiger partial charge on any atom is 0.146 e. The van der Waals surface area contributed by atoms with Crippen LogP contribution in [0.1, 0.15) is 57.4 Å². The summed E-state index contributed by atoms with van der Waals surface area (Å²) in [5.41, 5.74) is 2.37. The lowest BCUT2D eigenvalue weighted by Crippen LogP contribution is -1.97. The monoisotopic (exact) mass is 354 g/mol. The summed E-state index contributed by atoms with van der Waals surface area (Å²) in [6.07, 6.45) is 8.78. The predicted octanol–water partition coefficient (Wildman–Crippen LogP) is 7.25. The minimum absolute atomic E-state index is 0.0814. The molecule has 0 saturated carbocycles. The molecule has 0 aliphatic heterocycles. The van der Waals surface area contributed by atoms with E-state index < -0.39 is 0 Å². The molecule has 26 heavy (non-hydrogen) atoms. The summed E-state index contributed by atoms with van der Waals surface area (Å²) in [4.78, 5) is 0. The Balaban J connectivity index is 1.75. The van der Waals surface area contributed by atoms with Crippen molar-refractivity contribution in [3.05, 3.63) is 48.0 Å². The molecule has 0 aliphatic rings. The van der Waals surface area contributed by atoms with Gasteiger partial charge in [-0.25, -0.2) is 0 Å². The van der Waals surface area contributed by atoms with Crippen molar-refractivity contribution in [3.63, 3.8) is 0 Å². The molecule has 0 amide bonds. The number of nitrogens with zero attached hydrogens (tertiary/aromatic N) is 2. The minimum Gasteiger partial charge on any atom is -0.505 e. The molecule has 0 radical (unpaired) electrons. The number of rotatable bonds is 11. The highest BCUT2D eigenvalue weighted by Gasteiger charge is 2.03. The molecule has 2 rings (SSSR count). The molecule has 2 aromatic rings. The quantitative estimate of drug-likeness (QED) is 0.341. The number of hydrogen-bond acceptors (Lipinski definition) is 4. The van der Waals surface area contributed by atoms with Crippen LogP contribution in [0, 0.1) is 6.92 Å². The first-order chi connectivity index (χ1) is 12.7. The second-order valence-corrected chi connectivity index (χ2v) is 6.66. The lowest BCUT2D eigenvalue weighted by Gasteiger charge is -2.07. The van der Waals surface area contributed by atoms with Gasteiger partial charge in [-0.15, -0.1) is 5.11 Å². The zero-order valence-corrected chi connectivity index (χ0v) is 15.9. The van der Waals surface area contributed by atoms with E-state index in [1.165, 1.54) is 44.1 Å². The van der Waals surface area contributed by atoms with Crippen LogP contribution in [0.15, 0.2) is 52.7 Å². The highest BCUT2D eigenvalue weighted by Crippen LogP contribution is 2.32. The van der Waals surface area contributed by atoms with Gasteiger partial charge >= 0.3 is 0 Å². The Morgan fingerprint density at radius 1 is 0.846 bits per heavy atom. The van der Waals surface area contributed by atoms with Gasteiger partial charge in [-0.3, -0.25) is 0 Å². The molecular weight excluding hydrogens is 324 g/mol. The van der Waals surface area contributed by atoms with E-state index in [2.05, 4.69) is 17.2 Å². The maximum absolute atomic E-state index is 10.1. The third-order valence-electron chi connectivity index (χ3n) is 4.27. The fourth-order valence-electron chi connectivity index (χ4n) is 2.65. The van der Waals surface area contributed by atoms with Crippen molar-refractivity contribution in [2.45, 2.75) is 58.8 Å². The summed E-state index contributed by atoms with van der Waals surface area (Å²) in [6, 6.07) is 12.9. The molecule has 0 saturated heterocycles. The van der Waals surface area contributed by atoms with Crippen LogP contribution in [0.4, 0.5) is 11.4 Å². The van der Waals surface area contributed by atoms with E-state index in [0.29, 0.717) is 18.0 Å². The summed E-state index contributed by atoms with van der Waals surface area (Å²) < 4.78 is 5.71. The third-order valence-corrected chi connectivity index (χ3v) is 4.27. The molecule has 0 fully saturated rings. The third kappa shape index (κ3) is 7.26. The van der Waals surface area contributed by atoms with E-state index in [1.54, 1.807) is 12.1 Å². The molecule has 2 aromatic carbocycles. The molecule has 0 bridgehead atoms. The number of ether oxygens (including phenoxy) is 1. The van der Waals surface area contributed by atoms with Gasteiger partial charge in [0.1, 0.15) is 17.2 Å². The van der Waals surface area contributed by atoms with Crippen LogP contribution in [-0.4, -0.2) is 11.7 Å². The summed E-state index contributed by atoms with van der Waals surface area (Å²) in [5, 5.41) is 18.4. The molecule has 140 valence electrons. The van der Waals surface area contributed by atoms with Crippen molar-refractivity contribution in [1.29, 1.82) is 0 Å². The molecule has 0 unspecified atom stereocenters. The molecule has 1 N–H and O–H groups in total. The number of phenols is 1. The number of azo groups is 1. The van der Waals surface area contributed by atoms with Gasteiger partial charge in [-0.05, 0) is 37.6 Å². The first-order valence-electron chi connectivity index (χ1n) is 9.63. The fraction of sp³-hybridized carbons (Fsp3) is 0.455. The number of aromatic hydroxyl groups is 1. The number of benzene rings is 2. The Hall–Kier alpha value is -2.36. The van der Waals surface area contributed by atoms with Gasteiger partial charge in [0.15, 0.2) is 0 Å². The van der Waals surface area contributed by atoms with Gasteiger partial charge in [0.25, 0.3) is 0 Å². The number of aryl methyl sites for hydroxylation is 1. The molecule has 0 aliphatic carbocycles. The first kappa shape index (κ1) is 20.0. The molecule has 0 atom stereocenters. The van der Waals surface area contributed by atoms with Crippen LogP contribution < -0.4 is 4.74 Å². The molecule has 0 spiro atoms. The largest absolute Gasteiger partial charge is 0.505 e. The van der Waals surface area contributed by atoms with Crippen LogP contribution in [0.25, 0.3) is 0 Å². The van der Waals surface area contributed by atoms with E-state index >= 15 is 0 Å². The maximum atomic E-state index is 10.1. The van der Waals surface area contributed by atoms with Gasteiger partial charge in [0.05, 0.1) is 12.3 Å². The zero-order valence-electron chi connectivity index (χ0n) is 15.9. The van der Waals surface area contributed by atoms with Crippen LogP contribution >= 0.6 is 0 Å². The Morgan fingerprint density at radius 2 is 1.54 bits per heavy atom. The van der Waals surface area contributed by atoms with Gasteiger partial charge in [0.2, 0.25) is 0 Å². The summed E-state index contributed by atoms with van der Waals surface area (Å²) in [5.74, 6) is 0.751. The second kappa shape index (κ2) is 11.3. The Bertz CT molecular complexity index is 681. The standard InChI is InChI=1S/C22H30N2O2/c1-3-4-5-6-7-8-9-16-26-20-14-15-21(22(25)17-20)24-23-19-12-10-18(2)11-13-19/h10-15,17,25H,3-9,16H2,1-2H3. The smallest absolute Gasteiger partial charge is 0.146 e. The van der Waals surface area contributed by atoms with Crippen LogP contribution in [0.3, 0.4) is 0 Å². The molecule has 4 heteroatoms. The van der Waals surface area contributed by atoms with Crippen molar-refractivity contribution in [3.8, 4) is 11.5 Å². The van der Waals surface area contributed by atoms with Crippen LogP contribution in [-0.2, 0) is 0 Å². The van der Waals surface area contributed by atoms with Crippen molar-refractivity contribution in [2.24, 2.45) is 10.2 Å². The van der Waals surface area contributed by atoms with E-state index in [-0.39, 0.29) is 5.75 Å². The van der Waals surface area contributed by atoms with Gasteiger partial charge in [0, 0.05) is 6.07 Å². The fourth-order valence-corrected chi connectivity index (χ4v) is 2.65. The Morgan fingerprint density at radius 3 is 2.23 bits per heavy atom. The van der Waals surface area contributed by atoms with Crippen molar-refractivity contribution < 1.29 is 9.84 Å². The number of hydrogen-bond donors (Lipinski definition) is 1. The number of unbranched alkanes of at least 4 members (excludes halogenated alkanes) is 6. The van der Waals surface area contributed by atoms with E-state index in [9.17, 15) is 5.11 Å². The van der Waals surface area contributed by atoms with Crippen molar-refractivity contribution in [2.75, 3.05) is 6.61 Å². The van der Waals surface area contributed by atoms with Gasteiger partial charge in [-0.2, -0.15) is 5.11 Å². The normalized spacial score (nSPS) is 11.2. The lowest BCUT2D eigenvalue weighted by molar-refractivity contribution is 0.303. The second-order valence-electron chi connectivity index (χ2n) is 6.66. The molecule has 0 aromatic heterocycles. The highest BCUT2D eigenvalue weighted by molar-refractivity contribution is 5.54. The first-order valence-corrected chi connectivity index (χ1v) is 9.63. The molecule has 4 nitrogen and oxygen atoms in total. The zero-order chi connectivity index (χ0) is 18.6. The van der Waals surface area contributed by atoms with Crippen LogP contribution in [0.5, 0.6) is 11.5 Å². The minimum atomic E-state index is 0.0814. The van der Waals surface area contributed by atoms with Gasteiger partial charge in [-0.1, -0.05) is 63.1 Å². The SMILES string of the molecule is CCCCCCCCCOc1ccc(N=Nc2ccc(C)cc2)c(O)c1. The summed E-state index contributed by atoms with van der Waals surface area (Å²) >= 11 is 0. The number of phenolic OH excluding ortho intramolecular Hbond substituents is 1. The predicted molar refractivity (Wildman–Crippen MR) is 107 cm³/mol. The lowest BCUT2D eigenvalue weighted by atomic mass is 10.1. The van der Waals surface area contributed by atoms with Crippen LogP contribution in [0.2, 0.25) is 0 Å². The van der Waals surface area contributed by atoms with E-state index in [1.807, 2.05) is 37.3 Å². The Labute approximate surface area is 156 Å². The van der Waals surface area contributed by atoms with E-state index in [4.69, 9.17) is 4.74 Å².